The molecule has 1 fully saturated rings. The Kier molecular flexibility index (Phi) is 4.97. The van der Waals surface area contributed by atoms with Crippen LogP contribution in [-0.2, 0) is 9.59 Å². The van der Waals surface area contributed by atoms with Crippen LogP contribution in [0.4, 0.5) is 5.69 Å². The number of halogens is 1. The van der Waals surface area contributed by atoms with Gasteiger partial charge < -0.3 is 4.90 Å². The van der Waals surface area contributed by atoms with Crippen LogP contribution in [0.3, 0.4) is 0 Å². The molecule has 104 valence electrons. The first-order valence-corrected chi connectivity index (χ1v) is 7.91. The lowest BCUT2D eigenvalue weighted by molar-refractivity contribution is -0.117. The lowest BCUT2D eigenvalue weighted by atomic mass is 10.3. The number of amides is 1. The van der Waals surface area contributed by atoms with Crippen LogP contribution in [0.2, 0.25) is 5.02 Å². The van der Waals surface area contributed by atoms with Gasteiger partial charge in [-0.2, -0.15) is 5.26 Å². The Bertz CT molecular complexity index is 601. The maximum absolute atomic E-state index is 12.0. The number of rotatable bonds is 3. The number of hydrogen-bond acceptors (Lipinski definition) is 5. The zero-order valence-corrected chi connectivity index (χ0v) is 13.0. The van der Waals surface area contributed by atoms with Crippen LogP contribution in [0.15, 0.2) is 23.1 Å². The zero-order valence-electron chi connectivity index (χ0n) is 10.6. The van der Waals surface area contributed by atoms with Crippen LogP contribution in [0.1, 0.15) is 13.3 Å². The Labute approximate surface area is 130 Å². The van der Waals surface area contributed by atoms with Crippen LogP contribution in [0, 0.1) is 10.7 Å². The predicted octanol–water partition coefficient (Wildman–Crippen LogP) is 3.30. The molecule has 4 nitrogen and oxygen atoms in total. The molecule has 1 aliphatic rings. The summed E-state index contributed by atoms with van der Waals surface area (Å²) in [4.78, 5) is 25.5. The van der Waals surface area contributed by atoms with E-state index in [1.807, 2.05) is 5.40 Å². The molecule has 0 spiro atoms. The van der Waals surface area contributed by atoms with Crippen molar-refractivity contribution in [2.75, 3.05) is 11.4 Å². The lowest BCUT2D eigenvalue weighted by Gasteiger charge is -2.18. The van der Waals surface area contributed by atoms with Crippen molar-refractivity contribution in [1.82, 2.24) is 0 Å². The van der Waals surface area contributed by atoms with Crippen LogP contribution >= 0.6 is 35.1 Å². The fraction of sp³-hybridized carbons (Fsp3) is 0.308. The third-order valence-electron chi connectivity index (χ3n) is 2.80. The minimum absolute atomic E-state index is 0.0107. The normalized spacial score (nSPS) is 18.1. The smallest absolute Gasteiger partial charge is 0.228 e. The molecule has 1 amide bonds. The molecular formula is C13H11ClN2O2S2. The third-order valence-corrected chi connectivity index (χ3v) is 4.66. The molecule has 0 aliphatic carbocycles. The number of nitrogens with zero attached hydrogens (tertiary/aromatic N) is 2. The second-order valence-corrected chi connectivity index (χ2v) is 6.99. The standard InChI is InChI=1S/C13H11ClN2O2S2/c1-8(17)20-10-5-13(18)16(6-10)12-3-2-9(19-7-15)4-11(12)14/h2-4,10H,5-6H2,1H3. The maximum atomic E-state index is 12.0. The average Bonchev–Trinajstić information content (AvgIpc) is 2.70. The number of nitriles is 1. The zero-order chi connectivity index (χ0) is 14.7. The van der Waals surface area contributed by atoms with E-state index in [0.29, 0.717) is 23.7 Å². The van der Waals surface area contributed by atoms with Crippen LogP contribution < -0.4 is 4.90 Å². The first kappa shape index (κ1) is 15.2. The fourth-order valence-corrected chi connectivity index (χ4v) is 3.73. The van der Waals surface area contributed by atoms with E-state index in [0.717, 1.165) is 16.7 Å². The predicted molar refractivity (Wildman–Crippen MR) is 82.0 cm³/mol. The Balaban J connectivity index is 2.18. The Morgan fingerprint density at radius 1 is 1.55 bits per heavy atom. The highest BCUT2D eigenvalue weighted by Gasteiger charge is 2.32. The van der Waals surface area contributed by atoms with Crippen LogP contribution in [0.5, 0.6) is 0 Å². The first-order valence-electron chi connectivity index (χ1n) is 5.84. The van der Waals surface area contributed by atoms with Crippen molar-refractivity contribution < 1.29 is 9.59 Å². The number of carbonyl (C=O) groups is 2. The van der Waals surface area contributed by atoms with Gasteiger partial charge in [0.2, 0.25) is 5.91 Å². The van der Waals surface area contributed by atoms with Gasteiger partial charge in [0.15, 0.2) is 5.12 Å². The quantitative estimate of drug-likeness (QED) is 0.630. The lowest BCUT2D eigenvalue weighted by Crippen LogP contribution is -2.25. The molecule has 1 unspecified atom stereocenters. The van der Waals surface area contributed by atoms with Crippen LogP contribution in [0.25, 0.3) is 0 Å². The van der Waals surface area contributed by atoms with Gasteiger partial charge in [0.05, 0.1) is 10.7 Å². The average molecular weight is 327 g/mol. The van der Waals surface area contributed by atoms with Gasteiger partial charge >= 0.3 is 0 Å². The number of carbonyl (C=O) groups excluding carboxylic acids is 2. The summed E-state index contributed by atoms with van der Waals surface area (Å²) in [6.07, 6.45) is 0.343. The first-order chi connectivity index (χ1) is 9.51. The number of anilines is 1. The van der Waals surface area contributed by atoms with Gasteiger partial charge in [-0.25, -0.2) is 0 Å². The molecule has 0 aromatic heterocycles. The minimum atomic E-state index is -0.0358. The molecule has 1 heterocycles. The number of thiocyanates is 1. The maximum Gasteiger partial charge on any atom is 0.228 e. The van der Waals surface area contributed by atoms with Gasteiger partial charge in [0, 0.05) is 30.0 Å². The third kappa shape index (κ3) is 3.48. The van der Waals surface area contributed by atoms with E-state index < -0.39 is 0 Å². The molecule has 1 aromatic carbocycles. The largest absolute Gasteiger partial charge is 0.310 e. The van der Waals surface area contributed by atoms with Gasteiger partial charge in [-0.05, 0) is 30.0 Å². The Morgan fingerprint density at radius 2 is 2.30 bits per heavy atom. The summed E-state index contributed by atoms with van der Waals surface area (Å²) in [5.41, 5.74) is 0.630. The summed E-state index contributed by atoms with van der Waals surface area (Å²) in [6, 6.07) is 5.16. The highest BCUT2D eigenvalue weighted by Crippen LogP contribution is 2.35. The van der Waals surface area contributed by atoms with Gasteiger partial charge in [-0.3, -0.25) is 9.59 Å². The van der Waals surface area contributed by atoms with E-state index in [1.165, 1.54) is 18.7 Å². The molecule has 7 heteroatoms. The van der Waals surface area contributed by atoms with Crippen molar-refractivity contribution in [1.29, 1.82) is 5.26 Å². The number of benzene rings is 1. The van der Waals surface area contributed by atoms with Gasteiger partial charge in [-0.1, -0.05) is 23.4 Å². The summed E-state index contributed by atoms with van der Waals surface area (Å²) >= 11 is 8.38. The van der Waals surface area contributed by atoms with E-state index in [9.17, 15) is 9.59 Å². The molecular weight excluding hydrogens is 316 g/mol. The van der Waals surface area contributed by atoms with Gasteiger partial charge in [0.25, 0.3) is 0 Å². The van der Waals surface area contributed by atoms with E-state index in [4.69, 9.17) is 16.9 Å². The topological polar surface area (TPSA) is 61.2 Å². The second-order valence-electron chi connectivity index (χ2n) is 4.25. The van der Waals surface area contributed by atoms with E-state index >= 15 is 0 Å². The number of hydrogen-bond donors (Lipinski definition) is 0. The highest BCUT2D eigenvalue weighted by molar-refractivity contribution is 8.14. The summed E-state index contributed by atoms with van der Waals surface area (Å²) in [6.45, 7) is 1.98. The summed E-state index contributed by atoms with van der Waals surface area (Å²) in [7, 11) is 0. The van der Waals surface area contributed by atoms with Crippen molar-refractivity contribution in [3.8, 4) is 5.40 Å². The molecule has 2 rings (SSSR count). The van der Waals surface area contributed by atoms with Crippen molar-refractivity contribution in [2.45, 2.75) is 23.5 Å². The Morgan fingerprint density at radius 3 is 2.90 bits per heavy atom. The van der Waals surface area contributed by atoms with E-state index in [-0.39, 0.29) is 16.3 Å². The summed E-state index contributed by atoms with van der Waals surface area (Å²) in [5, 5.41) is 11.0. The summed E-state index contributed by atoms with van der Waals surface area (Å²) < 4.78 is 0. The van der Waals surface area contributed by atoms with E-state index in [2.05, 4.69) is 0 Å². The Hall–Kier alpha value is -1.16. The fourth-order valence-electron chi connectivity index (χ4n) is 2.04. The summed E-state index contributed by atoms with van der Waals surface area (Å²) in [5.74, 6) is -0.0358. The molecule has 1 aliphatic heterocycles. The van der Waals surface area contributed by atoms with Crippen molar-refractivity contribution in [2.24, 2.45) is 0 Å². The van der Waals surface area contributed by atoms with Gasteiger partial charge in [0.1, 0.15) is 5.40 Å². The molecule has 0 N–H and O–H groups in total. The SMILES string of the molecule is CC(=O)SC1CC(=O)N(c2ccc(SC#N)cc2Cl)C1. The highest BCUT2D eigenvalue weighted by atomic mass is 35.5. The van der Waals surface area contributed by atoms with Crippen molar-refractivity contribution >= 4 is 51.8 Å². The minimum Gasteiger partial charge on any atom is -0.310 e. The van der Waals surface area contributed by atoms with Crippen molar-refractivity contribution in [3.05, 3.63) is 23.2 Å². The molecule has 0 radical (unpaired) electrons. The molecule has 0 bridgehead atoms. The van der Waals surface area contributed by atoms with E-state index in [1.54, 1.807) is 23.1 Å². The molecule has 1 saturated heterocycles. The molecule has 0 saturated carbocycles. The molecule has 1 aromatic rings. The van der Waals surface area contributed by atoms with Gasteiger partial charge in [-0.15, -0.1) is 0 Å². The van der Waals surface area contributed by atoms with Crippen molar-refractivity contribution in [3.63, 3.8) is 0 Å². The second kappa shape index (κ2) is 6.53. The van der Waals surface area contributed by atoms with Crippen LogP contribution in [-0.4, -0.2) is 22.8 Å². The molecule has 20 heavy (non-hydrogen) atoms. The molecule has 1 atom stereocenters. The monoisotopic (exact) mass is 326 g/mol. The number of thioether (sulfide) groups is 2.